The van der Waals surface area contributed by atoms with E-state index in [0.717, 1.165) is 17.8 Å². The van der Waals surface area contributed by atoms with Crippen LogP contribution in [-0.2, 0) is 6.54 Å². The van der Waals surface area contributed by atoms with E-state index in [2.05, 4.69) is 51.2 Å². The molecule has 18 heavy (non-hydrogen) atoms. The van der Waals surface area contributed by atoms with E-state index in [1.165, 1.54) is 6.33 Å². The third-order valence-electron chi connectivity index (χ3n) is 2.52. The fraction of sp³-hybridized carbons (Fsp3) is 0.500. The predicted octanol–water partition coefficient (Wildman–Crippen LogP) is 1.46. The van der Waals surface area contributed by atoms with Gasteiger partial charge in [0.2, 0.25) is 0 Å². The van der Waals surface area contributed by atoms with Crippen molar-refractivity contribution in [3.63, 3.8) is 0 Å². The molecule has 2 aromatic heterocycles. The summed E-state index contributed by atoms with van der Waals surface area (Å²) in [6, 6.07) is 0. The molecule has 0 bridgehead atoms. The Balaban J connectivity index is 2.16. The summed E-state index contributed by atoms with van der Waals surface area (Å²) in [4.78, 5) is 12.8. The molecule has 2 aromatic rings. The smallest absolute Gasteiger partial charge is 0.197 e. The Kier molecular flexibility index (Phi) is 3.38. The van der Waals surface area contributed by atoms with Crippen LogP contribution in [0.5, 0.6) is 0 Å². The molecule has 0 saturated heterocycles. The Labute approximate surface area is 106 Å². The van der Waals surface area contributed by atoms with Crippen LogP contribution in [0, 0.1) is 6.92 Å². The Bertz CT molecular complexity index is 512. The lowest BCUT2D eigenvalue weighted by Gasteiger charge is -2.20. The molecule has 96 valence electrons. The fourth-order valence-corrected chi connectivity index (χ4v) is 1.45. The van der Waals surface area contributed by atoms with Gasteiger partial charge in [-0.2, -0.15) is 5.10 Å². The topological polar surface area (TPSA) is 79.4 Å². The zero-order chi connectivity index (χ0) is 13.2. The van der Waals surface area contributed by atoms with Crippen molar-refractivity contribution in [1.82, 2.24) is 30.5 Å². The zero-order valence-corrected chi connectivity index (χ0v) is 11.2. The number of aromatic amines is 1. The predicted molar refractivity (Wildman–Crippen MR) is 68.7 cm³/mol. The molecule has 0 aliphatic heterocycles. The number of nitrogens with one attached hydrogen (secondary N) is 2. The molecule has 2 N–H and O–H groups in total. The minimum absolute atomic E-state index is 0.0794. The highest BCUT2D eigenvalue weighted by molar-refractivity contribution is 5.42. The van der Waals surface area contributed by atoms with Crippen LogP contribution in [0.15, 0.2) is 12.5 Å². The molecule has 0 spiro atoms. The van der Waals surface area contributed by atoms with Crippen molar-refractivity contribution in [2.45, 2.75) is 39.8 Å². The number of aryl methyl sites for hydroxylation is 1. The van der Waals surface area contributed by atoms with Gasteiger partial charge in [0.1, 0.15) is 6.33 Å². The Morgan fingerprint density at radius 3 is 2.61 bits per heavy atom. The van der Waals surface area contributed by atoms with Crippen molar-refractivity contribution in [3.05, 3.63) is 23.8 Å². The van der Waals surface area contributed by atoms with E-state index >= 15 is 0 Å². The zero-order valence-electron chi connectivity index (χ0n) is 11.2. The molecule has 0 fully saturated rings. The van der Waals surface area contributed by atoms with Crippen LogP contribution in [0.3, 0.4) is 0 Å². The second-order valence-electron chi connectivity index (χ2n) is 5.24. The highest BCUT2D eigenvalue weighted by Crippen LogP contribution is 2.11. The van der Waals surface area contributed by atoms with Crippen LogP contribution in [0.2, 0.25) is 0 Å². The molecule has 0 aromatic carbocycles. The summed E-state index contributed by atoms with van der Waals surface area (Å²) >= 11 is 0. The van der Waals surface area contributed by atoms with E-state index in [4.69, 9.17) is 0 Å². The van der Waals surface area contributed by atoms with Gasteiger partial charge in [0.05, 0.1) is 0 Å². The molecule has 6 heteroatoms. The minimum atomic E-state index is 0.0794. The van der Waals surface area contributed by atoms with Crippen LogP contribution >= 0.6 is 0 Å². The van der Waals surface area contributed by atoms with Crippen LogP contribution in [0.4, 0.5) is 0 Å². The quantitative estimate of drug-likeness (QED) is 0.857. The van der Waals surface area contributed by atoms with Crippen LogP contribution in [0.1, 0.15) is 32.0 Å². The molecule has 0 radical (unpaired) electrons. The van der Waals surface area contributed by atoms with Gasteiger partial charge in [0.25, 0.3) is 0 Å². The monoisotopic (exact) mass is 246 g/mol. The summed E-state index contributed by atoms with van der Waals surface area (Å²) in [6.45, 7) is 9.12. The van der Waals surface area contributed by atoms with E-state index < -0.39 is 0 Å². The first kappa shape index (κ1) is 12.6. The third-order valence-corrected chi connectivity index (χ3v) is 2.52. The van der Waals surface area contributed by atoms with Gasteiger partial charge in [-0.25, -0.2) is 15.0 Å². The van der Waals surface area contributed by atoms with Gasteiger partial charge in [-0.05, 0) is 27.7 Å². The third kappa shape index (κ3) is 3.10. The van der Waals surface area contributed by atoms with E-state index in [1.807, 2.05) is 13.1 Å². The van der Waals surface area contributed by atoms with Crippen molar-refractivity contribution in [2.24, 2.45) is 0 Å². The summed E-state index contributed by atoms with van der Waals surface area (Å²) in [5.41, 5.74) is 2.12. The van der Waals surface area contributed by atoms with Gasteiger partial charge in [-0.1, -0.05) is 0 Å². The molecular formula is C12H18N6. The first-order valence-corrected chi connectivity index (χ1v) is 5.89. The number of H-pyrrole nitrogens is 1. The molecule has 0 saturated carbocycles. The van der Waals surface area contributed by atoms with Crippen LogP contribution in [0.25, 0.3) is 11.6 Å². The summed E-state index contributed by atoms with van der Waals surface area (Å²) < 4.78 is 0. The Morgan fingerprint density at radius 2 is 2.06 bits per heavy atom. The lowest BCUT2D eigenvalue weighted by molar-refractivity contribution is 0.423. The molecular weight excluding hydrogens is 228 g/mol. The van der Waals surface area contributed by atoms with Crippen LogP contribution in [-0.4, -0.2) is 30.7 Å². The average Bonchev–Trinajstić information content (AvgIpc) is 2.79. The number of rotatable bonds is 3. The lowest BCUT2D eigenvalue weighted by Crippen LogP contribution is -2.35. The standard InChI is InChI=1S/C12H18N6/c1-8-9(6-15-12(2,3)4)5-13-10(17-8)11-14-7-16-18-11/h5,7,15H,6H2,1-4H3,(H,14,16,18). The molecule has 0 aliphatic carbocycles. The first-order valence-electron chi connectivity index (χ1n) is 5.89. The molecule has 0 atom stereocenters. The van der Waals surface area contributed by atoms with E-state index in [-0.39, 0.29) is 5.54 Å². The normalized spacial score (nSPS) is 11.8. The van der Waals surface area contributed by atoms with E-state index in [9.17, 15) is 0 Å². The van der Waals surface area contributed by atoms with Crippen LogP contribution < -0.4 is 5.32 Å². The lowest BCUT2D eigenvalue weighted by atomic mass is 10.1. The van der Waals surface area contributed by atoms with E-state index in [0.29, 0.717) is 11.6 Å². The SMILES string of the molecule is Cc1nc(-c2ncn[nH]2)ncc1CNC(C)(C)C. The Morgan fingerprint density at radius 1 is 1.28 bits per heavy atom. The summed E-state index contributed by atoms with van der Waals surface area (Å²) in [6.07, 6.45) is 3.28. The summed E-state index contributed by atoms with van der Waals surface area (Å²) in [5.74, 6) is 1.16. The summed E-state index contributed by atoms with van der Waals surface area (Å²) in [5, 5.41) is 9.96. The number of nitrogens with zero attached hydrogens (tertiary/aromatic N) is 4. The van der Waals surface area contributed by atoms with Gasteiger partial charge in [-0.15, -0.1) is 0 Å². The van der Waals surface area contributed by atoms with Gasteiger partial charge in [-0.3, -0.25) is 5.10 Å². The van der Waals surface area contributed by atoms with Crippen molar-refractivity contribution in [1.29, 1.82) is 0 Å². The average molecular weight is 246 g/mol. The maximum atomic E-state index is 4.43. The highest BCUT2D eigenvalue weighted by atomic mass is 15.2. The fourth-order valence-electron chi connectivity index (χ4n) is 1.45. The van der Waals surface area contributed by atoms with Gasteiger partial charge in [0, 0.05) is 29.5 Å². The van der Waals surface area contributed by atoms with Crippen molar-refractivity contribution < 1.29 is 0 Å². The van der Waals surface area contributed by atoms with Crippen molar-refractivity contribution >= 4 is 0 Å². The molecule has 6 nitrogen and oxygen atoms in total. The van der Waals surface area contributed by atoms with E-state index in [1.54, 1.807) is 0 Å². The maximum Gasteiger partial charge on any atom is 0.197 e. The molecule has 0 unspecified atom stereocenters. The molecule has 2 heterocycles. The second kappa shape index (κ2) is 4.81. The molecule has 2 rings (SSSR count). The molecule has 0 amide bonds. The van der Waals surface area contributed by atoms with Gasteiger partial charge < -0.3 is 5.32 Å². The number of aromatic nitrogens is 5. The minimum Gasteiger partial charge on any atom is -0.308 e. The van der Waals surface area contributed by atoms with Gasteiger partial charge >= 0.3 is 0 Å². The molecule has 0 aliphatic rings. The van der Waals surface area contributed by atoms with Crippen molar-refractivity contribution in [3.8, 4) is 11.6 Å². The highest BCUT2D eigenvalue weighted by Gasteiger charge is 2.11. The maximum absolute atomic E-state index is 4.43. The Hall–Kier alpha value is -1.82. The number of hydrogen-bond acceptors (Lipinski definition) is 5. The first-order chi connectivity index (χ1) is 8.46. The summed E-state index contributed by atoms with van der Waals surface area (Å²) in [7, 11) is 0. The second-order valence-corrected chi connectivity index (χ2v) is 5.24. The largest absolute Gasteiger partial charge is 0.308 e. The van der Waals surface area contributed by atoms with Gasteiger partial charge in [0.15, 0.2) is 11.6 Å². The number of hydrogen-bond donors (Lipinski definition) is 2. The van der Waals surface area contributed by atoms with Crippen molar-refractivity contribution in [2.75, 3.05) is 0 Å².